The number of pyridine rings is 1. The molecule has 2 aromatic rings. The van der Waals surface area contributed by atoms with Crippen LogP contribution >= 0.6 is 0 Å². The lowest BCUT2D eigenvalue weighted by atomic mass is 9.79. The van der Waals surface area contributed by atoms with Crippen LogP contribution in [0.4, 0.5) is 0 Å². The zero-order chi connectivity index (χ0) is 18.6. The number of aromatic nitrogens is 3. The smallest absolute Gasteiger partial charge is 0.253 e. The molecular weight excluding hydrogens is 316 g/mol. The highest BCUT2D eigenvalue weighted by molar-refractivity contribution is 5.98. The van der Waals surface area contributed by atoms with E-state index in [0.29, 0.717) is 24.2 Å². The predicted octanol–water partition coefficient (Wildman–Crippen LogP) is 3.24. The Bertz CT molecular complexity index is 732. The van der Waals surface area contributed by atoms with Crippen molar-refractivity contribution < 1.29 is 9.90 Å². The lowest BCUT2D eigenvalue weighted by Crippen LogP contribution is -2.38. The van der Waals surface area contributed by atoms with Crippen LogP contribution in [0.15, 0.2) is 12.3 Å². The van der Waals surface area contributed by atoms with E-state index in [0.717, 1.165) is 23.9 Å². The van der Waals surface area contributed by atoms with E-state index in [1.54, 1.807) is 6.20 Å². The second kappa shape index (κ2) is 7.95. The highest BCUT2D eigenvalue weighted by Gasteiger charge is 2.26. The number of aliphatic hydroxyl groups excluding tert-OH is 1. The molecule has 0 atom stereocenters. The van der Waals surface area contributed by atoms with Gasteiger partial charge in [0.05, 0.1) is 17.5 Å². The standard InChI is InChI=1S/C19H30N4O2/c1-6-19(7-2,8-9-24)12-20-18(25)16-10-15-11-21-23(13(3)4)17(15)22-14(16)5/h10-11,13,24H,6-9,12H2,1-5H3,(H,20,25). The van der Waals surface area contributed by atoms with Gasteiger partial charge in [-0.25, -0.2) is 9.67 Å². The van der Waals surface area contributed by atoms with E-state index in [1.165, 1.54) is 0 Å². The summed E-state index contributed by atoms with van der Waals surface area (Å²) in [4.78, 5) is 17.3. The first-order valence-corrected chi connectivity index (χ1v) is 9.11. The molecule has 2 N–H and O–H groups in total. The van der Waals surface area contributed by atoms with Gasteiger partial charge in [0.15, 0.2) is 5.65 Å². The first-order valence-electron chi connectivity index (χ1n) is 9.11. The number of rotatable bonds is 8. The van der Waals surface area contributed by atoms with E-state index in [1.807, 2.05) is 17.7 Å². The van der Waals surface area contributed by atoms with Crippen LogP contribution in [0.1, 0.15) is 69.1 Å². The van der Waals surface area contributed by atoms with Crippen LogP contribution in [0.2, 0.25) is 0 Å². The van der Waals surface area contributed by atoms with Gasteiger partial charge < -0.3 is 10.4 Å². The van der Waals surface area contributed by atoms with Gasteiger partial charge in [-0.3, -0.25) is 4.79 Å². The van der Waals surface area contributed by atoms with Gasteiger partial charge in [-0.1, -0.05) is 13.8 Å². The molecule has 0 spiro atoms. The third-order valence-corrected chi connectivity index (χ3v) is 5.26. The molecule has 6 heteroatoms. The second-order valence-electron chi connectivity index (χ2n) is 7.08. The summed E-state index contributed by atoms with van der Waals surface area (Å²) in [5.41, 5.74) is 2.04. The van der Waals surface area contributed by atoms with Crippen molar-refractivity contribution in [2.24, 2.45) is 5.41 Å². The fourth-order valence-electron chi connectivity index (χ4n) is 3.22. The number of carbonyl (C=O) groups excluding carboxylic acids is 1. The van der Waals surface area contributed by atoms with Crippen LogP contribution in [0.25, 0.3) is 11.0 Å². The maximum Gasteiger partial charge on any atom is 0.253 e. The van der Waals surface area contributed by atoms with Crippen LogP contribution < -0.4 is 5.32 Å². The van der Waals surface area contributed by atoms with Crippen molar-refractivity contribution in [2.45, 2.75) is 59.9 Å². The van der Waals surface area contributed by atoms with E-state index < -0.39 is 0 Å². The zero-order valence-electron chi connectivity index (χ0n) is 16.0. The first kappa shape index (κ1) is 19.4. The number of nitrogens with zero attached hydrogens (tertiary/aromatic N) is 3. The van der Waals surface area contributed by atoms with Gasteiger partial charge in [-0.05, 0) is 51.5 Å². The Morgan fingerprint density at radius 1 is 1.36 bits per heavy atom. The van der Waals surface area contributed by atoms with Crippen molar-refractivity contribution in [2.75, 3.05) is 13.2 Å². The van der Waals surface area contributed by atoms with E-state index in [-0.39, 0.29) is 24.0 Å². The highest BCUT2D eigenvalue weighted by atomic mass is 16.3. The molecule has 2 heterocycles. The molecule has 0 aromatic carbocycles. The quantitative estimate of drug-likeness (QED) is 0.769. The SMILES string of the molecule is CCC(CC)(CCO)CNC(=O)c1cc2cnn(C(C)C)c2nc1C. The minimum atomic E-state index is -0.117. The molecular formula is C19H30N4O2. The average Bonchev–Trinajstić information content (AvgIpc) is 3.00. The fourth-order valence-corrected chi connectivity index (χ4v) is 3.22. The molecule has 0 aliphatic carbocycles. The summed E-state index contributed by atoms with van der Waals surface area (Å²) >= 11 is 0. The van der Waals surface area contributed by atoms with E-state index in [4.69, 9.17) is 0 Å². The maximum absolute atomic E-state index is 12.7. The van der Waals surface area contributed by atoms with Crippen molar-refractivity contribution in [1.29, 1.82) is 0 Å². The summed E-state index contributed by atoms with van der Waals surface area (Å²) in [5.74, 6) is -0.117. The molecule has 0 saturated carbocycles. The molecule has 0 saturated heterocycles. The van der Waals surface area contributed by atoms with Crippen molar-refractivity contribution >= 4 is 16.9 Å². The Balaban J connectivity index is 2.23. The normalized spacial score (nSPS) is 12.1. The Hall–Kier alpha value is -1.95. The number of aliphatic hydroxyl groups is 1. The third kappa shape index (κ3) is 4.00. The predicted molar refractivity (Wildman–Crippen MR) is 99.7 cm³/mol. The minimum absolute atomic E-state index is 0.0572. The molecule has 1 amide bonds. The first-order chi connectivity index (χ1) is 11.9. The Morgan fingerprint density at radius 3 is 2.60 bits per heavy atom. The van der Waals surface area contributed by atoms with Gasteiger partial charge in [0.2, 0.25) is 0 Å². The number of carbonyl (C=O) groups is 1. The topological polar surface area (TPSA) is 80.0 Å². The summed E-state index contributed by atoms with van der Waals surface area (Å²) < 4.78 is 1.87. The summed E-state index contributed by atoms with van der Waals surface area (Å²) in [6.45, 7) is 10.9. The number of fused-ring (bicyclic) bond motifs is 1. The van der Waals surface area contributed by atoms with Crippen molar-refractivity contribution in [1.82, 2.24) is 20.1 Å². The number of amides is 1. The van der Waals surface area contributed by atoms with Gasteiger partial charge in [-0.2, -0.15) is 5.10 Å². The molecule has 0 unspecified atom stereocenters. The largest absolute Gasteiger partial charge is 0.396 e. The number of aryl methyl sites for hydroxylation is 1. The average molecular weight is 346 g/mol. The lowest BCUT2D eigenvalue weighted by molar-refractivity contribution is 0.0906. The molecule has 0 aliphatic rings. The number of hydrogen-bond acceptors (Lipinski definition) is 4. The number of hydrogen-bond donors (Lipinski definition) is 2. The lowest BCUT2D eigenvalue weighted by Gasteiger charge is -2.31. The monoisotopic (exact) mass is 346 g/mol. The van der Waals surface area contributed by atoms with Gasteiger partial charge in [0, 0.05) is 24.6 Å². The molecule has 0 radical (unpaired) electrons. The second-order valence-corrected chi connectivity index (χ2v) is 7.08. The van der Waals surface area contributed by atoms with E-state index in [2.05, 4.69) is 43.1 Å². The summed E-state index contributed by atoms with van der Waals surface area (Å²) in [7, 11) is 0. The Labute approximate surface area is 149 Å². The molecule has 0 aliphatic heterocycles. The van der Waals surface area contributed by atoms with Crippen LogP contribution in [-0.4, -0.2) is 38.9 Å². The van der Waals surface area contributed by atoms with Crippen molar-refractivity contribution in [3.05, 3.63) is 23.5 Å². The molecule has 25 heavy (non-hydrogen) atoms. The fraction of sp³-hybridized carbons (Fsp3) is 0.632. The van der Waals surface area contributed by atoms with E-state index in [9.17, 15) is 9.90 Å². The van der Waals surface area contributed by atoms with Gasteiger partial charge in [0.1, 0.15) is 0 Å². The molecule has 2 rings (SSSR count). The highest BCUT2D eigenvalue weighted by Crippen LogP contribution is 2.29. The third-order valence-electron chi connectivity index (χ3n) is 5.26. The van der Waals surface area contributed by atoms with Gasteiger partial charge >= 0.3 is 0 Å². The zero-order valence-corrected chi connectivity index (χ0v) is 16.0. The van der Waals surface area contributed by atoms with E-state index >= 15 is 0 Å². The van der Waals surface area contributed by atoms with Crippen LogP contribution in [0.3, 0.4) is 0 Å². The van der Waals surface area contributed by atoms with Gasteiger partial charge in [0.25, 0.3) is 5.91 Å². The summed E-state index contributed by atoms with van der Waals surface area (Å²) in [6, 6.07) is 2.09. The van der Waals surface area contributed by atoms with Crippen LogP contribution in [0, 0.1) is 12.3 Å². The minimum Gasteiger partial charge on any atom is -0.396 e. The van der Waals surface area contributed by atoms with Crippen LogP contribution in [0.5, 0.6) is 0 Å². The summed E-state index contributed by atoms with van der Waals surface area (Å²) in [6.07, 6.45) is 4.29. The summed E-state index contributed by atoms with van der Waals surface area (Å²) in [5, 5.41) is 17.6. The Kier molecular flexibility index (Phi) is 6.16. The molecule has 0 bridgehead atoms. The Morgan fingerprint density at radius 2 is 2.04 bits per heavy atom. The molecule has 138 valence electrons. The van der Waals surface area contributed by atoms with Gasteiger partial charge in [-0.15, -0.1) is 0 Å². The molecule has 6 nitrogen and oxygen atoms in total. The van der Waals surface area contributed by atoms with Crippen molar-refractivity contribution in [3.8, 4) is 0 Å². The van der Waals surface area contributed by atoms with Crippen molar-refractivity contribution in [3.63, 3.8) is 0 Å². The molecule has 2 aromatic heterocycles. The maximum atomic E-state index is 12.7. The molecule has 0 fully saturated rings. The number of nitrogens with one attached hydrogen (secondary N) is 1. The van der Waals surface area contributed by atoms with Crippen LogP contribution in [-0.2, 0) is 0 Å².